The van der Waals surface area contributed by atoms with Crippen LogP contribution in [0.1, 0.15) is 12.6 Å². The molecule has 0 unspecified atom stereocenters. The lowest BCUT2D eigenvalue weighted by Crippen LogP contribution is -2.51. The van der Waals surface area contributed by atoms with E-state index in [9.17, 15) is 19.7 Å². The number of nitrogens with zero attached hydrogens (tertiary/aromatic N) is 5. The molecule has 1 aromatic heterocycles. The van der Waals surface area contributed by atoms with Gasteiger partial charge in [-0.25, -0.2) is 4.79 Å². The summed E-state index contributed by atoms with van der Waals surface area (Å²) < 4.78 is 6.14. The smallest absolute Gasteiger partial charge is 0.409 e. The van der Waals surface area contributed by atoms with Crippen LogP contribution in [0.5, 0.6) is 0 Å². The molecule has 1 fully saturated rings. The van der Waals surface area contributed by atoms with Gasteiger partial charge in [0.1, 0.15) is 6.54 Å². The number of nitro groups is 1. The topological polar surface area (TPSA) is 111 Å². The van der Waals surface area contributed by atoms with E-state index in [1.807, 2.05) is 0 Å². The first kappa shape index (κ1) is 18.0. The zero-order chi connectivity index (χ0) is 17.9. The van der Waals surface area contributed by atoms with E-state index in [-0.39, 0.29) is 17.5 Å². The van der Waals surface area contributed by atoms with Gasteiger partial charge in [-0.1, -0.05) is 11.6 Å². The molecule has 1 aliphatic rings. The largest absolute Gasteiger partial charge is 0.450 e. The Bertz CT molecular complexity index is 653. The highest BCUT2D eigenvalue weighted by atomic mass is 35.5. The van der Waals surface area contributed by atoms with E-state index >= 15 is 0 Å². The van der Waals surface area contributed by atoms with E-state index in [1.54, 1.807) is 18.7 Å². The molecule has 0 atom stereocenters. The van der Waals surface area contributed by atoms with E-state index < -0.39 is 16.8 Å². The molecule has 24 heavy (non-hydrogen) atoms. The van der Waals surface area contributed by atoms with Gasteiger partial charge in [0, 0.05) is 26.2 Å². The molecule has 2 rings (SSSR count). The number of hydrogen-bond acceptors (Lipinski definition) is 6. The normalized spacial score (nSPS) is 14.6. The molecule has 0 aromatic carbocycles. The fraction of sp³-hybridized carbons (Fsp3) is 0.615. The number of carbonyl (C=O) groups is 2. The molecule has 0 spiro atoms. The van der Waals surface area contributed by atoms with Crippen molar-refractivity contribution in [3.05, 3.63) is 20.8 Å². The average Bonchev–Trinajstić information content (AvgIpc) is 2.84. The number of halogens is 1. The molecule has 11 heteroatoms. The lowest BCUT2D eigenvalue weighted by molar-refractivity contribution is -0.389. The summed E-state index contributed by atoms with van der Waals surface area (Å²) in [6.07, 6.45) is -0.394. The minimum Gasteiger partial charge on any atom is -0.450 e. The molecule has 132 valence electrons. The predicted octanol–water partition coefficient (Wildman–Crippen LogP) is 1.05. The third-order valence-electron chi connectivity index (χ3n) is 3.73. The Morgan fingerprint density at radius 2 is 1.88 bits per heavy atom. The van der Waals surface area contributed by atoms with Crippen LogP contribution in [0.4, 0.5) is 10.6 Å². The number of amides is 2. The SMILES string of the molecule is CCOC(=O)N1CCN(C(=O)Cn2nc([N+](=O)[O-])c(Cl)c2C)CC1. The summed E-state index contributed by atoms with van der Waals surface area (Å²) in [5.74, 6) is -0.704. The van der Waals surface area contributed by atoms with Gasteiger partial charge in [-0.2, -0.15) is 4.68 Å². The molecule has 0 saturated carbocycles. The van der Waals surface area contributed by atoms with Crippen molar-refractivity contribution in [1.82, 2.24) is 19.6 Å². The molecule has 0 bridgehead atoms. The van der Waals surface area contributed by atoms with Crippen molar-refractivity contribution >= 4 is 29.4 Å². The maximum absolute atomic E-state index is 12.3. The van der Waals surface area contributed by atoms with Crippen molar-refractivity contribution in [3.63, 3.8) is 0 Å². The number of hydrogen-bond donors (Lipinski definition) is 0. The van der Waals surface area contributed by atoms with Gasteiger partial charge in [0.25, 0.3) is 0 Å². The fourth-order valence-electron chi connectivity index (χ4n) is 2.36. The van der Waals surface area contributed by atoms with Crippen molar-refractivity contribution < 1.29 is 19.2 Å². The molecule has 0 N–H and O–H groups in total. The molecule has 2 heterocycles. The first-order chi connectivity index (χ1) is 11.3. The Morgan fingerprint density at radius 3 is 2.38 bits per heavy atom. The maximum Gasteiger partial charge on any atom is 0.409 e. The Kier molecular flexibility index (Phi) is 5.60. The number of carbonyl (C=O) groups excluding carboxylic acids is 2. The van der Waals surface area contributed by atoms with Crippen LogP contribution in [-0.4, -0.2) is 69.3 Å². The summed E-state index contributed by atoms with van der Waals surface area (Å²) >= 11 is 5.85. The number of aromatic nitrogens is 2. The van der Waals surface area contributed by atoms with Crippen LogP contribution in [0.2, 0.25) is 5.02 Å². The molecule has 0 radical (unpaired) electrons. The van der Waals surface area contributed by atoms with Gasteiger partial charge in [-0.3, -0.25) is 4.79 Å². The van der Waals surface area contributed by atoms with Crippen LogP contribution >= 0.6 is 11.6 Å². The number of piperazine rings is 1. The molecule has 0 aliphatic carbocycles. The lowest BCUT2D eigenvalue weighted by atomic mass is 10.3. The van der Waals surface area contributed by atoms with E-state index in [1.165, 1.54) is 9.58 Å². The van der Waals surface area contributed by atoms with Crippen molar-refractivity contribution in [1.29, 1.82) is 0 Å². The van der Waals surface area contributed by atoms with E-state index in [2.05, 4.69) is 5.10 Å². The van der Waals surface area contributed by atoms with Gasteiger partial charge in [0.15, 0.2) is 5.02 Å². The van der Waals surface area contributed by atoms with E-state index in [0.29, 0.717) is 38.5 Å². The second kappa shape index (κ2) is 7.47. The van der Waals surface area contributed by atoms with E-state index in [0.717, 1.165) is 0 Å². The van der Waals surface area contributed by atoms with Crippen LogP contribution in [0.15, 0.2) is 0 Å². The number of ether oxygens (including phenoxy) is 1. The van der Waals surface area contributed by atoms with Crippen LogP contribution in [-0.2, 0) is 16.1 Å². The summed E-state index contributed by atoms with van der Waals surface area (Å²) in [4.78, 5) is 37.2. The predicted molar refractivity (Wildman–Crippen MR) is 83.8 cm³/mol. The highest BCUT2D eigenvalue weighted by Crippen LogP contribution is 2.26. The van der Waals surface area contributed by atoms with Crippen molar-refractivity contribution in [2.45, 2.75) is 20.4 Å². The second-order valence-corrected chi connectivity index (χ2v) is 5.58. The second-order valence-electron chi connectivity index (χ2n) is 5.20. The monoisotopic (exact) mass is 359 g/mol. The third-order valence-corrected chi connectivity index (χ3v) is 4.18. The van der Waals surface area contributed by atoms with Crippen LogP contribution in [0.3, 0.4) is 0 Å². The highest BCUT2D eigenvalue weighted by molar-refractivity contribution is 6.33. The Hall–Kier alpha value is -2.36. The number of rotatable bonds is 4. The van der Waals surface area contributed by atoms with E-state index in [4.69, 9.17) is 16.3 Å². The Balaban J connectivity index is 1.96. The molecular formula is C13H18ClN5O5. The zero-order valence-corrected chi connectivity index (χ0v) is 14.2. The van der Waals surface area contributed by atoms with Crippen molar-refractivity contribution in [2.75, 3.05) is 32.8 Å². The molecule has 1 aromatic rings. The minimum atomic E-state index is -0.686. The molecule has 10 nitrogen and oxygen atoms in total. The summed E-state index contributed by atoms with van der Waals surface area (Å²) in [6, 6.07) is 0. The average molecular weight is 360 g/mol. The Morgan fingerprint density at radius 1 is 1.29 bits per heavy atom. The quantitative estimate of drug-likeness (QED) is 0.587. The van der Waals surface area contributed by atoms with Gasteiger partial charge in [0.05, 0.1) is 17.4 Å². The van der Waals surface area contributed by atoms with Crippen LogP contribution in [0.25, 0.3) is 0 Å². The Labute approximate surface area is 143 Å². The summed E-state index contributed by atoms with van der Waals surface area (Å²) in [6.45, 7) is 4.95. The molecule has 1 aliphatic heterocycles. The van der Waals surface area contributed by atoms with Gasteiger partial charge >= 0.3 is 11.9 Å². The third kappa shape index (κ3) is 3.75. The van der Waals surface area contributed by atoms with Crippen LogP contribution < -0.4 is 0 Å². The zero-order valence-electron chi connectivity index (χ0n) is 13.4. The lowest BCUT2D eigenvalue weighted by Gasteiger charge is -2.33. The van der Waals surface area contributed by atoms with Gasteiger partial charge in [0.2, 0.25) is 5.91 Å². The summed E-state index contributed by atoms with van der Waals surface area (Å²) in [7, 11) is 0. The highest BCUT2D eigenvalue weighted by Gasteiger charge is 2.28. The first-order valence-corrected chi connectivity index (χ1v) is 7.79. The minimum absolute atomic E-state index is 0.0695. The summed E-state index contributed by atoms with van der Waals surface area (Å²) in [5, 5.41) is 14.5. The van der Waals surface area contributed by atoms with Gasteiger partial charge in [-0.15, -0.1) is 0 Å². The maximum atomic E-state index is 12.3. The van der Waals surface area contributed by atoms with Crippen molar-refractivity contribution in [2.24, 2.45) is 0 Å². The standard InChI is InChI=1S/C13H18ClN5O5/c1-3-24-13(21)17-6-4-16(5-7-17)10(20)8-18-9(2)11(14)12(15-18)19(22)23/h3-8H2,1-2H3. The van der Waals surface area contributed by atoms with Crippen molar-refractivity contribution in [3.8, 4) is 0 Å². The first-order valence-electron chi connectivity index (χ1n) is 7.42. The molecule has 2 amide bonds. The summed E-state index contributed by atoms with van der Waals surface area (Å²) in [5.41, 5.74) is 0.363. The van der Waals surface area contributed by atoms with Gasteiger partial charge in [-0.05, 0) is 18.8 Å². The molecule has 1 saturated heterocycles. The fourth-order valence-corrected chi connectivity index (χ4v) is 2.56. The molecular weight excluding hydrogens is 342 g/mol. The van der Waals surface area contributed by atoms with Crippen LogP contribution in [0, 0.1) is 17.0 Å². The van der Waals surface area contributed by atoms with Gasteiger partial charge < -0.3 is 24.7 Å².